The molecule has 104 valence electrons. The van der Waals surface area contributed by atoms with E-state index in [1.807, 2.05) is 12.1 Å². The largest absolute Gasteiger partial charge is 0.396 e. The van der Waals surface area contributed by atoms with E-state index in [4.69, 9.17) is 0 Å². The van der Waals surface area contributed by atoms with Crippen LogP contribution in [0.1, 0.15) is 37.7 Å². The van der Waals surface area contributed by atoms with Gasteiger partial charge in [-0.2, -0.15) is 0 Å². The number of aliphatic hydroxyl groups is 1. The third-order valence-corrected chi connectivity index (χ3v) is 3.83. The van der Waals surface area contributed by atoms with Crippen molar-refractivity contribution in [3.8, 4) is 0 Å². The molecule has 0 radical (unpaired) electrons. The van der Waals surface area contributed by atoms with Crippen LogP contribution in [0.5, 0.6) is 0 Å². The van der Waals surface area contributed by atoms with Gasteiger partial charge in [-0.25, -0.2) is 0 Å². The van der Waals surface area contributed by atoms with Crippen molar-refractivity contribution in [2.24, 2.45) is 5.92 Å². The summed E-state index contributed by atoms with van der Waals surface area (Å²) < 4.78 is 0. The number of nitrogens with one attached hydrogen (secondary N) is 1. The molecule has 1 heterocycles. The second-order valence-electron chi connectivity index (χ2n) is 5.29. The first-order chi connectivity index (χ1) is 9.29. The fourth-order valence-corrected chi connectivity index (χ4v) is 2.74. The van der Waals surface area contributed by atoms with Gasteiger partial charge in [0.1, 0.15) is 0 Å². The van der Waals surface area contributed by atoms with Crippen molar-refractivity contribution in [3.05, 3.63) is 30.1 Å². The Morgan fingerprint density at radius 1 is 1.37 bits per heavy atom. The molecule has 2 atom stereocenters. The second kappa shape index (κ2) is 7.24. The van der Waals surface area contributed by atoms with Crippen LogP contribution in [0.25, 0.3) is 0 Å². The summed E-state index contributed by atoms with van der Waals surface area (Å²) in [7, 11) is 0. The van der Waals surface area contributed by atoms with E-state index in [1.54, 1.807) is 12.4 Å². The summed E-state index contributed by atoms with van der Waals surface area (Å²) >= 11 is 0. The number of carbonyl (C=O) groups excluding carboxylic acids is 1. The van der Waals surface area contributed by atoms with Crippen LogP contribution < -0.4 is 5.32 Å². The number of nitrogens with zero attached hydrogens (tertiary/aromatic N) is 1. The van der Waals surface area contributed by atoms with Gasteiger partial charge in [0.05, 0.1) is 6.42 Å². The number of carbonyl (C=O) groups is 1. The quantitative estimate of drug-likeness (QED) is 0.812. The lowest BCUT2D eigenvalue weighted by Gasteiger charge is -2.24. The molecule has 0 saturated heterocycles. The molecule has 0 aromatic carbocycles. The Kier molecular flexibility index (Phi) is 5.33. The summed E-state index contributed by atoms with van der Waals surface area (Å²) in [5, 5.41) is 12.5. The van der Waals surface area contributed by atoms with Crippen LogP contribution in [-0.2, 0) is 11.2 Å². The molecule has 1 aromatic rings. The highest BCUT2D eigenvalue weighted by atomic mass is 16.3. The Balaban J connectivity index is 1.89. The van der Waals surface area contributed by atoms with Crippen molar-refractivity contribution >= 4 is 5.91 Å². The molecular formula is C15H22N2O2. The molecule has 0 aliphatic heterocycles. The lowest BCUT2D eigenvalue weighted by atomic mass is 9.95. The van der Waals surface area contributed by atoms with Gasteiger partial charge in [0, 0.05) is 31.0 Å². The van der Waals surface area contributed by atoms with E-state index in [0.717, 1.165) is 31.2 Å². The number of hydrogen-bond donors (Lipinski definition) is 2. The zero-order chi connectivity index (χ0) is 13.5. The summed E-state index contributed by atoms with van der Waals surface area (Å²) in [6.07, 6.45) is 9.26. The lowest BCUT2D eigenvalue weighted by Crippen LogP contribution is -2.41. The van der Waals surface area contributed by atoms with Gasteiger partial charge in [0.15, 0.2) is 0 Å². The van der Waals surface area contributed by atoms with Gasteiger partial charge in [-0.15, -0.1) is 0 Å². The van der Waals surface area contributed by atoms with Gasteiger partial charge in [-0.1, -0.05) is 25.3 Å². The summed E-state index contributed by atoms with van der Waals surface area (Å²) in [4.78, 5) is 16.0. The number of pyridine rings is 1. The monoisotopic (exact) mass is 262 g/mol. The van der Waals surface area contributed by atoms with E-state index < -0.39 is 0 Å². The molecule has 1 fully saturated rings. The van der Waals surface area contributed by atoms with E-state index >= 15 is 0 Å². The Morgan fingerprint density at radius 3 is 2.95 bits per heavy atom. The SMILES string of the molecule is O=C(Cc1cccnc1)N[C@@H]1CCCCC[C@H]1CO. The summed E-state index contributed by atoms with van der Waals surface area (Å²) in [6, 6.07) is 3.87. The van der Waals surface area contributed by atoms with Gasteiger partial charge in [0.25, 0.3) is 0 Å². The first-order valence-electron chi connectivity index (χ1n) is 7.08. The van der Waals surface area contributed by atoms with Crippen molar-refractivity contribution < 1.29 is 9.90 Å². The number of hydrogen-bond acceptors (Lipinski definition) is 3. The van der Waals surface area contributed by atoms with Gasteiger partial charge >= 0.3 is 0 Å². The molecule has 2 rings (SSSR count). The maximum atomic E-state index is 12.0. The van der Waals surface area contributed by atoms with E-state index in [9.17, 15) is 9.90 Å². The van der Waals surface area contributed by atoms with Crippen molar-refractivity contribution in [2.75, 3.05) is 6.61 Å². The normalized spacial score (nSPS) is 23.6. The van der Waals surface area contributed by atoms with E-state index in [0.29, 0.717) is 6.42 Å². The third kappa shape index (κ3) is 4.31. The smallest absolute Gasteiger partial charge is 0.224 e. The van der Waals surface area contributed by atoms with Crippen LogP contribution in [0.4, 0.5) is 0 Å². The molecule has 0 spiro atoms. The number of rotatable bonds is 4. The number of aliphatic hydroxyl groups excluding tert-OH is 1. The minimum Gasteiger partial charge on any atom is -0.396 e. The van der Waals surface area contributed by atoms with E-state index in [1.165, 1.54) is 6.42 Å². The van der Waals surface area contributed by atoms with Gasteiger partial charge in [-0.05, 0) is 24.5 Å². The topological polar surface area (TPSA) is 62.2 Å². The standard InChI is InChI=1S/C15H22N2O2/c18-11-13-6-2-1-3-7-14(13)17-15(19)9-12-5-4-8-16-10-12/h4-5,8,10,13-14,18H,1-3,6-7,9,11H2,(H,17,19)/t13-,14+/m0/s1. The van der Waals surface area contributed by atoms with Crippen LogP contribution in [0.2, 0.25) is 0 Å². The second-order valence-corrected chi connectivity index (χ2v) is 5.29. The molecular weight excluding hydrogens is 240 g/mol. The Hall–Kier alpha value is -1.42. The highest BCUT2D eigenvalue weighted by molar-refractivity contribution is 5.78. The first-order valence-corrected chi connectivity index (χ1v) is 7.08. The minimum absolute atomic E-state index is 0.0262. The van der Waals surface area contributed by atoms with Crippen LogP contribution in [0.3, 0.4) is 0 Å². The summed E-state index contributed by atoms with van der Waals surface area (Å²) in [6.45, 7) is 0.165. The molecule has 1 amide bonds. The highest BCUT2D eigenvalue weighted by Crippen LogP contribution is 2.23. The van der Waals surface area contributed by atoms with Crippen molar-refractivity contribution in [1.82, 2.24) is 10.3 Å². The summed E-state index contributed by atoms with van der Waals surface area (Å²) in [5.74, 6) is 0.235. The molecule has 19 heavy (non-hydrogen) atoms. The van der Waals surface area contributed by atoms with E-state index in [-0.39, 0.29) is 24.5 Å². The predicted molar refractivity (Wildman–Crippen MR) is 73.5 cm³/mol. The van der Waals surface area contributed by atoms with Crippen LogP contribution in [-0.4, -0.2) is 28.6 Å². The molecule has 0 bridgehead atoms. The van der Waals surface area contributed by atoms with Crippen LogP contribution in [0, 0.1) is 5.92 Å². The number of amides is 1. The Bertz CT molecular complexity index is 394. The van der Waals surface area contributed by atoms with Crippen LogP contribution >= 0.6 is 0 Å². The fraction of sp³-hybridized carbons (Fsp3) is 0.600. The van der Waals surface area contributed by atoms with Crippen molar-refractivity contribution in [2.45, 2.75) is 44.6 Å². The molecule has 1 saturated carbocycles. The molecule has 1 aliphatic carbocycles. The maximum Gasteiger partial charge on any atom is 0.224 e. The molecule has 0 unspecified atom stereocenters. The van der Waals surface area contributed by atoms with Crippen molar-refractivity contribution in [1.29, 1.82) is 0 Å². The van der Waals surface area contributed by atoms with Gasteiger partial charge < -0.3 is 10.4 Å². The lowest BCUT2D eigenvalue weighted by molar-refractivity contribution is -0.121. The first kappa shape index (κ1) is 14.0. The average molecular weight is 262 g/mol. The zero-order valence-corrected chi connectivity index (χ0v) is 11.2. The van der Waals surface area contributed by atoms with Crippen molar-refractivity contribution in [3.63, 3.8) is 0 Å². The van der Waals surface area contributed by atoms with Crippen LogP contribution in [0.15, 0.2) is 24.5 Å². The molecule has 1 aliphatic rings. The van der Waals surface area contributed by atoms with E-state index in [2.05, 4.69) is 10.3 Å². The average Bonchev–Trinajstić information content (AvgIpc) is 2.64. The Labute approximate surface area is 114 Å². The Morgan fingerprint density at radius 2 is 2.21 bits per heavy atom. The molecule has 2 N–H and O–H groups in total. The fourth-order valence-electron chi connectivity index (χ4n) is 2.74. The van der Waals surface area contributed by atoms with Gasteiger partial charge in [0.2, 0.25) is 5.91 Å². The molecule has 4 nitrogen and oxygen atoms in total. The predicted octanol–water partition coefficient (Wildman–Crippen LogP) is 1.68. The highest BCUT2D eigenvalue weighted by Gasteiger charge is 2.24. The molecule has 1 aromatic heterocycles. The minimum atomic E-state index is 0.0262. The third-order valence-electron chi connectivity index (χ3n) is 3.83. The number of aromatic nitrogens is 1. The molecule has 4 heteroatoms. The van der Waals surface area contributed by atoms with Gasteiger partial charge in [-0.3, -0.25) is 9.78 Å². The zero-order valence-electron chi connectivity index (χ0n) is 11.2. The summed E-state index contributed by atoms with van der Waals surface area (Å²) in [5.41, 5.74) is 0.925. The maximum absolute atomic E-state index is 12.0.